The first-order valence-electron chi connectivity index (χ1n) is 5.97. The van der Waals surface area contributed by atoms with Crippen molar-refractivity contribution in [2.24, 2.45) is 0 Å². The second kappa shape index (κ2) is 6.61. The maximum atomic E-state index is 5.68. The molecule has 0 aliphatic rings. The number of aromatic nitrogens is 2. The van der Waals surface area contributed by atoms with Crippen LogP contribution in [0, 0.1) is 0 Å². The van der Waals surface area contributed by atoms with E-state index in [1.165, 1.54) is 0 Å². The quantitative estimate of drug-likeness (QED) is 0.704. The number of hydrogen-bond acceptors (Lipinski definition) is 4. The van der Waals surface area contributed by atoms with Crippen molar-refractivity contribution in [1.82, 2.24) is 9.55 Å². The molecule has 1 aromatic rings. The van der Waals surface area contributed by atoms with Gasteiger partial charge in [0, 0.05) is 32.7 Å². The minimum atomic E-state index is -0.187. The Balaban J connectivity index is 2.56. The highest BCUT2D eigenvalue weighted by atomic mass is 16.5. The maximum absolute atomic E-state index is 5.68. The van der Waals surface area contributed by atoms with E-state index in [-0.39, 0.29) is 5.60 Å². The number of methoxy groups -OCH3 is 1. The van der Waals surface area contributed by atoms with E-state index in [0.29, 0.717) is 13.2 Å². The standard InChI is InChI=1S/C12H23N3O2/c1-5-17-12(2,3)10-15-8-6-13-11(15)14-7-9-16-4/h6,8H,5,7,9-10H2,1-4H3,(H,13,14). The molecule has 0 atom stereocenters. The molecule has 0 unspecified atom stereocenters. The number of rotatable bonds is 8. The normalized spacial score (nSPS) is 11.8. The number of anilines is 1. The van der Waals surface area contributed by atoms with Gasteiger partial charge in [0.05, 0.1) is 18.8 Å². The number of imidazole rings is 1. The van der Waals surface area contributed by atoms with Crippen molar-refractivity contribution in [1.29, 1.82) is 0 Å². The van der Waals surface area contributed by atoms with Gasteiger partial charge in [0.2, 0.25) is 5.95 Å². The van der Waals surface area contributed by atoms with Gasteiger partial charge < -0.3 is 19.4 Å². The lowest BCUT2D eigenvalue weighted by molar-refractivity contribution is -0.0220. The van der Waals surface area contributed by atoms with Gasteiger partial charge in [-0.25, -0.2) is 4.98 Å². The average molecular weight is 241 g/mol. The van der Waals surface area contributed by atoms with Crippen molar-refractivity contribution in [3.63, 3.8) is 0 Å². The van der Waals surface area contributed by atoms with Gasteiger partial charge in [-0.3, -0.25) is 0 Å². The minimum absolute atomic E-state index is 0.187. The van der Waals surface area contributed by atoms with Crippen LogP contribution in [0.2, 0.25) is 0 Å². The zero-order valence-corrected chi connectivity index (χ0v) is 11.2. The van der Waals surface area contributed by atoms with Gasteiger partial charge in [-0.15, -0.1) is 0 Å². The second-order valence-electron chi connectivity index (χ2n) is 4.49. The van der Waals surface area contributed by atoms with Crippen LogP contribution in [-0.2, 0) is 16.0 Å². The van der Waals surface area contributed by atoms with Gasteiger partial charge in [0.1, 0.15) is 0 Å². The molecule has 0 aliphatic heterocycles. The summed E-state index contributed by atoms with van der Waals surface area (Å²) in [4.78, 5) is 4.27. The fourth-order valence-corrected chi connectivity index (χ4v) is 1.72. The van der Waals surface area contributed by atoms with Crippen LogP contribution in [-0.4, -0.2) is 42.0 Å². The molecule has 0 aliphatic carbocycles. The Bertz CT molecular complexity index is 323. The van der Waals surface area contributed by atoms with Crippen LogP contribution in [0.4, 0.5) is 5.95 Å². The molecule has 0 aromatic carbocycles. The molecule has 0 amide bonds. The summed E-state index contributed by atoms with van der Waals surface area (Å²) in [6.07, 6.45) is 3.74. The summed E-state index contributed by atoms with van der Waals surface area (Å²) >= 11 is 0. The van der Waals surface area contributed by atoms with Crippen LogP contribution in [0.3, 0.4) is 0 Å². The molecule has 98 valence electrons. The van der Waals surface area contributed by atoms with E-state index in [1.54, 1.807) is 13.3 Å². The van der Waals surface area contributed by atoms with Crippen molar-refractivity contribution in [3.05, 3.63) is 12.4 Å². The Morgan fingerprint density at radius 2 is 2.24 bits per heavy atom. The van der Waals surface area contributed by atoms with Crippen LogP contribution in [0.1, 0.15) is 20.8 Å². The Labute approximate surface area is 103 Å². The van der Waals surface area contributed by atoms with Crippen LogP contribution >= 0.6 is 0 Å². The molecule has 0 saturated heterocycles. The average Bonchev–Trinajstić information content (AvgIpc) is 2.65. The third-order valence-corrected chi connectivity index (χ3v) is 2.39. The summed E-state index contributed by atoms with van der Waals surface area (Å²) in [5.74, 6) is 0.856. The number of nitrogens with one attached hydrogen (secondary N) is 1. The summed E-state index contributed by atoms with van der Waals surface area (Å²) in [7, 11) is 1.69. The van der Waals surface area contributed by atoms with Gasteiger partial charge in [0.25, 0.3) is 0 Å². The fourth-order valence-electron chi connectivity index (χ4n) is 1.72. The molecule has 0 radical (unpaired) electrons. The second-order valence-corrected chi connectivity index (χ2v) is 4.49. The zero-order chi connectivity index (χ0) is 12.7. The molecular weight excluding hydrogens is 218 g/mol. The third kappa shape index (κ3) is 4.75. The molecule has 1 heterocycles. The molecule has 0 saturated carbocycles. The molecule has 0 fully saturated rings. The zero-order valence-electron chi connectivity index (χ0n) is 11.2. The van der Waals surface area contributed by atoms with Crippen LogP contribution in [0.25, 0.3) is 0 Å². The van der Waals surface area contributed by atoms with Crippen LogP contribution in [0.5, 0.6) is 0 Å². The lowest BCUT2D eigenvalue weighted by Crippen LogP contribution is -2.31. The molecule has 0 bridgehead atoms. The molecule has 1 rings (SSSR count). The first-order chi connectivity index (χ1) is 8.09. The first kappa shape index (κ1) is 14.0. The largest absolute Gasteiger partial charge is 0.383 e. The van der Waals surface area contributed by atoms with Crippen molar-refractivity contribution in [3.8, 4) is 0 Å². The summed E-state index contributed by atoms with van der Waals surface area (Å²) in [5, 5.41) is 3.23. The van der Waals surface area contributed by atoms with Crippen molar-refractivity contribution >= 4 is 5.95 Å². The molecule has 1 aromatic heterocycles. The van der Waals surface area contributed by atoms with E-state index in [2.05, 4.69) is 28.7 Å². The highest BCUT2D eigenvalue weighted by Gasteiger charge is 2.19. The fraction of sp³-hybridized carbons (Fsp3) is 0.750. The van der Waals surface area contributed by atoms with E-state index < -0.39 is 0 Å². The van der Waals surface area contributed by atoms with E-state index >= 15 is 0 Å². The SMILES string of the molecule is CCOC(C)(C)Cn1ccnc1NCCOC. The van der Waals surface area contributed by atoms with Crippen molar-refractivity contribution < 1.29 is 9.47 Å². The minimum Gasteiger partial charge on any atom is -0.383 e. The molecule has 1 N–H and O–H groups in total. The lowest BCUT2D eigenvalue weighted by atomic mass is 10.1. The van der Waals surface area contributed by atoms with Crippen molar-refractivity contribution in [2.75, 3.05) is 32.2 Å². The molecule has 0 spiro atoms. The first-order valence-corrected chi connectivity index (χ1v) is 5.97. The van der Waals surface area contributed by atoms with Gasteiger partial charge in [-0.2, -0.15) is 0 Å². The highest BCUT2D eigenvalue weighted by molar-refractivity contribution is 5.25. The summed E-state index contributed by atoms with van der Waals surface area (Å²) in [5.41, 5.74) is -0.187. The monoisotopic (exact) mass is 241 g/mol. The molecule has 5 nitrogen and oxygen atoms in total. The molecule has 5 heteroatoms. The van der Waals surface area contributed by atoms with E-state index in [4.69, 9.17) is 9.47 Å². The smallest absolute Gasteiger partial charge is 0.202 e. The summed E-state index contributed by atoms with van der Waals surface area (Å²) in [6.45, 7) is 9.08. The van der Waals surface area contributed by atoms with E-state index in [9.17, 15) is 0 Å². The van der Waals surface area contributed by atoms with Gasteiger partial charge in [-0.05, 0) is 20.8 Å². The Morgan fingerprint density at radius 1 is 1.47 bits per heavy atom. The predicted octanol–water partition coefficient (Wildman–Crippen LogP) is 1.76. The topological polar surface area (TPSA) is 48.3 Å². The summed E-state index contributed by atoms with van der Waals surface area (Å²) in [6, 6.07) is 0. The van der Waals surface area contributed by atoms with Gasteiger partial charge in [-0.1, -0.05) is 0 Å². The third-order valence-electron chi connectivity index (χ3n) is 2.39. The van der Waals surface area contributed by atoms with Gasteiger partial charge in [0.15, 0.2) is 0 Å². The predicted molar refractivity (Wildman–Crippen MR) is 68.3 cm³/mol. The molecule has 17 heavy (non-hydrogen) atoms. The summed E-state index contributed by atoms with van der Waals surface area (Å²) < 4.78 is 12.7. The Kier molecular flexibility index (Phi) is 5.44. The van der Waals surface area contributed by atoms with E-state index in [1.807, 2.05) is 13.1 Å². The number of hydrogen-bond donors (Lipinski definition) is 1. The van der Waals surface area contributed by atoms with Gasteiger partial charge >= 0.3 is 0 Å². The lowest BCUT2D eigenvalue weighted by Gasteiger charge is -2.26. The van der Waals surface area contributed by atoms with E-state index in [0.717, 1.165) is 19.0 Å². The van der Waals surface area contributed by atoms with Crippen LogP contribution in [0.15, 0.2) is 12.4 Å². The molecular formula is C12H23N3O2. The number of nitrogens with zero attached hydrogens (tertiary/aromatic N) is 2. The number of ether oxygens (including phenoxy) is 2. The Morgan fingerprint density at radius 3 is 2.88 bits per heavy atom. The highest BCUT2D eigenvalue weighted by Crippen LogP contribution is 2.15. The Hall–Kier alpha value is -1.07. The maximum Gasteiger partial charge on any atom is 0.202 e. The van der Waals surface area contributed by atoms with Crippen molar-refractivity contribution in [2.45, 2.75) is 32.9 Å². The van der Waals surface area contributed by atoms with Crippen LogP contribution < -0.4 is 5.32 Å².